The lowest BCUT2D eigenvalue weighted by Crippen LogP contribution is -2.06. The molecule has 6 heteroatoms. The van der Waals surface area contributed by atoms with Crippen LogP contribution in [-0.4, -0.2) is 26.4 Å². The van der Waals surface area contributed by atoms with Crippen molar-refractivity contribution < 1.29 is 14.3 Å². The number of rotatable bonds is 5. The molecule has 4 nitrogen and oxygen atoms in total. The number of hydrogen-bond donors (Lipinski definition) is 1. The predicted octanol–water partition coefficient (Wildman–Crippen LogP) is 2.56. The second-order valence-electron chi connectivity index (χ2n) is 4.08. The Morgan fingerprint density at radius 3 is 3.00 bits per heavy atom. The fraction of sp³-hybridized carbons (Fsp3) is 0.231. The quantitative estimate of drug-likeness (QED) is 0.855. The highest BCUT2D eigenvalue weighted by atomic mass is 32.2. The van der Waals surface area contributed by atoms with Crippen molar-refractivity contribution in [1.82, 2.24) is 9.55 Å². The number of benzene rings is 1. The Labute approximate surface area is 114 Å². The number of nitrogens with zero attached hydrogens (tertiary/aromatic N) is 2. The molecule has 0 amide bonds. The molecule has 0 saturated heterocycles. The molecule has 0 aliphatic rings. The summed E-state index contributed by atoms with van der Waals surface area (Å²) in [4.78, 5) is 14.8. The van der Waals surface area contributed by atoms with E-state index >= 15 is 0 Å². The molecule has 0 unspecified atom stereocenters. The molecule has 1 aromatic carbocycles. The van der Waals surface area contributed by atoms with Crippen LogP contribution in [0.15, 0.2) is 35.6 Å². The van der Waals surface area contributed by atoms with Gasteiger partial charge in [0.05, 0.1) is 5.75 Å². The van der Waals surface area contributed by atoms with E-state index in [0.717, 1.165) is 23.0 Å². The van der Waals surface area contributed by atoms with Gasteiger partial charge in [-0.25, -0.2) is 9.37 Å². The number of thioether (sulfide) groups is 1. The molecule has 0 spiro atoms. The molecule has 0 atom stereocenters. The maximum absolute atomic E-state index is 13.1. The van der Waals surface area contributed by atoms with Gasteiger partial charge in [-0.15, -0.1) is 0 Å². The van der Waals surface area contributed by atoms with Crippen LogP contribution in [0.3, 0.4) is 0 Å². The van der Waals surface area contributed by atoms with Crippen LogP contribution in [0, 0.1) is 12.7 Å². The van der Waals surface area contributed by atoms with Crippen LogP contribution in [0.2, 0.25) is 0 Å². The summed E-state index contributed by atoms with van der Waals surface area (Å²) in [6.45, 7) is 2.36. The van der Waals surface area contributed by atoms with Gasteiger partial charge in [0.2, 0.25) is 0 Å². The second kappa shape index (κ2) is 5.88. The monoisotopic (exact) mass is 280 g/mol. The predicted molar refractivity (Wildman–Crippen MR) is 70.8 cm³/mol. The van der Waals surface area contributed by atoms with Crippen LogP contribution in [0.25, 0.3) is 0 Å². The molecule has 0 aliphatic carbocycles. The number of aromatic nitrogens is 2. The summed E-state index contributed by atoms with van der Waals surface area (Å²) in [5.41, 5.74) is 1.73. The van der Waals surface area contributed by atoms with Crippen LogP contribution in [-0.2, 0) is 11.3 Å². The van der Waals surface area contributed by atoms with E-state index in [1.807, 2.05) is 17.6 Å². The Morgan fingerprint density at radius 1 is 1.53 bits per heavy atom. The van der Waals surface area contributed by atoms with Gasteiger partial charge in [-0.3, -0.25) is 4.79 Å². The van der Waals surface area contributed by atoms with Gasteiger partial charge in [0.15, 0.2) is 5.16 Å². The maximum Gasteiger partial charge on any atom is 0.313 e. The molecule has 19 heavy (non-hydrogen) atoms. The minimum atomic E-state index is -0.886. The number of aryl methyl sites for hydroxylation is 1. The average Bonchev–Trinajstić information content (AvgIpc) is 2.68. The molecule has 1 aromatic heterocycles. The average molecular weight is 280 g/mol. The van der Waals surface area contributed by atoms with Gasteiger partial charge in [-0.1, -0.05) is 23.9 Å². The fourth-order valence-electron chi connectivity index (χ4n) is 1.69. The van der Waals surface area contributed by atoms with Crippen molar-refractivity contribution in [2.45, 2.75) is 18.6 Å². The van der Waals surface area contributed by atoms with Gasteiger partial charge in [-0.2, -0.15) is 0 Å². The molecule has 2 rings (SSSR count). The Morgan fingerprint density at radius 2 is 2.32 bits per heavy atom. The normalized spacial score (nSPS) is 10.6. The van der Waals surface area contributed by atoms with Crippen LogP contribution in [0.5, 0.6) is 0 Å². The molecule has 0 aliphatic heterocycles. The first-order chi connectivity index (χ1) is 9.06. The lowest BCUT2D eigenvalue weighted by Gasteiger charge is -2.09. The van der Waals surface area contributed by atoms with E-state index in [0.29, 0.717) is 11.7 Å². The number of imidazole rings is 1. The Bertz CT molecular complexity index is 598. The summed E-state index contributed by atoms with van der Waals surface area (Å²) in [6, 6.07) is 6.34. The van der Waals surface area contributed by atoms with Crippen LogP contribution in [0.1, 0.15) is 11.3 Å². The lowest BCUT2D eigenvalue weighted by molar-refractivity contribution is -0.133. The third kappa shape index (κ3) is 3.57. The highest BCUT2D eigenvalue weighted by molar-refractivity contribution is 7.99. The number of halogens is 1. The van der Waals surface area contributed by atoms with Crippen molar-refractivity contribution in [1.29, 1.82) is 0 Å². The Balaban J connectivity index is 2.19. The fourth-order valence-corrected chi connectivity index (χ4v) is 2.43. The summed E-state index contributed by atoms with van der Waals surface area (Å²) in [5, 5.41) is 9.32. The summed E-state index contributed by atoms with van der Waals surface area (Å²) >= 11 is 1.16. The zero-order chi connectivity index (χ0) is 13.8. The standard InChI is InChI=1S/C13H13FN2O2S/c1-9-6-15-13(19-8-12(17)18)16(9)7-10-3-2-4-11(14)5-10/h2-6H,7-8H2,1H3,(H,17,18). The minimum absolute atomic E-state index is 0.0421. The number of aliphatic carboxylic acids is 1. The van der Waals surface area contributed by atoms with Crippen molar-refractivity contribution in [3.8, 4) is 0 Å². The first-order valence-electron chi connectivity index (χ1n) is 5.67. The van der Waals surface area contributed by atoms with Crippen molar-refractivity contribution >= 4 is 17.7 Å². The highest BCUT2D eigenvalue weighted by Crippen LogP contribution is 2.20. The first kappa shape index (κ1) is 13.6. The molecule has 1 heterocycles. The third-order valence-corrected chi connectivity index (χ3v) is 3.55. The minimum Gasteiger partial charge on any atom is -0.481 e. The maximum atomic E-state index is 13.1. The van der Waals surface area contributed by atoms with E-state index in [1.54, 1.807) is 12.3 Å². The Kier molecular flexibility index (Phi) is 4.21. The lowest BCUT2D eigenvalue weighted by atomic mass is 10.2. The number of hydrogen-bond acceptors (Lipinski definition) is 3. The molecule has 0 bridgehead atoms. The number of carboxylic acid groups (broad SMARTS) is 1. The topological polar surface area (TPSA) is 55.1 Å². The summed E-state index contributed by atoms with van der Waals surface area (Å²) in [5.74, 6) is -1.21. The van der Waals surface area contributed by atoms with Crippen molar-refractivity contribution in [3.05, 3.63) is 47.5 Å². The van der Waals surface area contributed by atoms with E-state index in [9.17, 15) is 9.18 Å². The van der Waals surface area contributed by atoms with E-state index < -0.39 is 5.97 Å². The van der Waals surface area contributed by atoms with Crippen molar-refractivity contribution in [2.24, 2.45) is 0 Å². The number of carbonyl (C=O) groups is 1. The zero-order valence-electron chi connectivity index (χ0n) is 10.3. The molecular weight excluding hydrogens is 267 g/mol. The largest absolute Gasteiger partial charge is 0.481 e. The highest BCUT2D eigenvalue weighted by Gasteiger charge is 2.10. The molecule has 0 fully saturated rings. The van der Waals surface area contributed by atoms with Gasteiger partial charge in [-0.05, 0) is 24.6 Å². The van der Waals surface area contributed by atoms with Crippen LogP contribution in [0.4, 0.5) is 4.39 Å². The summed E-state index contributed by atoms with van der Waals surface area (Å²) < 4.78 is 15.0. The van der Waals surface area contributed by atoms with Crippen LogP contribution >= 0.6 is 11.8 Å². The molecule has 2 aromatic rings. The van der Waals surface area contributed by atoms with E-state index in [4.69, 9.17) is 5.11 Å². The molecule has 0 saturated carbocycles. The molecular formula is C13H13FN2O2S. The van der Waals surface area contributed by atoms with Gasteiger partial charge < -0.3 is 9.67 Å². The van der Waals surface area contributed by atoms with E-state index in [-0.39, 0.29) is 11.6 Å². The zero-order valence-corrected chi connectivity index (χ0v) is 11.2. The second-order valence-corrected chi connectivity index (χ2v) is 5.02. The van der Waals surface area contributed by atoms with Gasteiger partial charge >= 0.3 is 5.97 Å². The summed E-state index contributed by atoms with van der Waals surface area (Å²) in [7, 11) is 0. The SMILES string of the molecule is Cc1cnc(SCC(=O)O)n1Cc1cccc(F)c1. The van der Waals surface area contributed by atoms with E-state index in [2.05, 4.69) is 4.98 Å². The molecule has 100 valence electrons. The smallest absolute Gasteiger partial charge is 0.313 e. The molecule has 1 N–H and O–H groups in total. The van der Waals surface area contributed by atoms with Gasteiger partial charge in [0.25, 0.3) is 0 Å². The Hall–Kier alpha value is -1.82. The van der Waals surface area contributed by atoms with Crippen molar-refractivity contribution in [2.75, 3.05) is 5.75 Å². The van der Waals surface area contributed by atoms with Crippen molar-refractivity contribution in [3.63, 3.8) is 0 Å². The first-order valence-corrected chi connectivity index (χ1v) is 6.66. The molecule has 0 radical (unpaired) electrons. The van der Waals surface area contributed by atoms with Gasteiger partial charge in [0, 0.05) is 18.4 Å². The van der Waals surface area contributed by atoms with Gasteiger partial charge in [0.1, 0.15) is 5.82 Å². The third-order valence-electron chi connectivity index (χ3n) is 2.57. The number of carboxylic acids is 1. The van der Waals surface area contributed by atoms with E-state index in [1.165, 1.54) is 12.1 Å². The van der Waals surface area contributed by atoms with Crippen LogP contribution < -0.4 is 0 Å². The summed E-state index contributed by atoms with van der Waals surface area (Å²) in [6.07, 6.45) is 1.68.